The molecule has 0 fully saturated rings. The molecule has 0 saturated carbocycles. The van der Waals surface area contributed by atoms with Crippen LogP contribution in [0.25, 0.3) is 10.9 Å². The van der Waals surface area contributed by atoms with Crippen LogP contribution < -0.4 is 0 Å². The number of aromatic nitrogens is 1. The maximum absolute atomic E-state index is 13.7. The Morgan fingerprint density at radius 3 is 2.43 bits per heavy atom. The van der Waals surface area contributed by atoms with Crippen LogP contribution in [-0.4, -0.2) is 10.8 Å². The Morgan fingerprint density at radius 2 is 1.67 bits per heavy atom. The molecule has 21 heavy (non-hydrogen) atoms. The van der Waals surface area contributed by atoms with Crippen LogP contribution in [0.4, 0.5) is 17.6 Å². The molecule has 0 saturated heterocycles. The molecule has 0 aliphatic heterocycles. The minimum atomic E-state index is -1.70. The van der Waals surface area contributed by atoms with Crippen LogP contribution in [0.1, 0.15) is 15.9 Å². The Balaban J connectivity index is 2.15. The van der Waals surface area contributed by atoms with Gasteiger partial charge < -0.3 is 4.98 Å². The second-order valence-corrected chi connectivity index (χ2v) is 4.44. The van der Waals surface area contributed by atoms with Gasteiger partial charge in [0.25, 0.3) is 0 Å². The number of nitrogens with one attached hydrogen (secondary N) is 1. The topological polar surface area (TPSA) is 32.9 Å². The van der Waals surface area contributed by atoms with E-state index in [0.717, 1.165) is 12.1 Å². The minimum absolute atomic E-state index is 0.0508. The van der Waals surface area contributed by atoms with Crippen molar-refractivity contribution >= 4 is 16.7 Å². The Labute approximate surface area is 116 Å². The fraction of sp³-hybridized carbons (Fsp3) is 0. The van der Waals surface area contributed by atoms with E-state index in [2.05, 4.69) is 4.98 Å². The zero-order valence-corrected chi connectivity index (χ0v) is 10.4. The number of hydrogen-bond acceptors (Lipinski definition) is 1. The lowest BCUT2D eigenvalue weighted by atomic mass is 10.0. The van der Waals surface area contributed by atoms with E-state index in [0.29, 0.717) is 17.0 Å². The molecule has 1 heterocycles. The van der Waals surface area contributed by atoms with Gasteiger partial charge in [-0.1, -0.05) is 0 Å². The monoisotopic (exact) mass is 293 g/mol. The first-order chi connectivity index (χ1) is 9.99. The third kappa shape index (κ3) is 2.08. The lowest BCUT2D eigenvalue weighted by molar-refractivity contribution is 0.103. The van der Waals surface area contributed by atoms with Gasteiger partial charge in [0.1, 0.15) is 5.82 Å². The molecule has 0 amide bonds. The normalized spacial score (nSPS) is 11.0. The number of halogens is 4. The van der Waals surface area contributed by atoms with Crippen molar-refractivity contribution in [1.29, 1.82) is 0 Å². The zero-order valence-electron chi connectivity index (χ0n) is 10.4. The van der Waals surface area contributed by atoms with Crippen molar-refractivity contribution in [2.75, 3.05) is 0 Å². The summed E-state index contributed by atoms with van der Waals surface area (Å²) < 4.78 is 52.8. The fourth-order valence-electron chi connectivity index (χ4n) is 2.13. The van der Waals surface area contributed by atoms with Gasteiger partial charge in [-0.15, -0.1) is 0 Å². The molecule has 1 N–H and O–H groups in total. The number of carbonyl (C=O) groups excluding carboxylic acids is 1. The predicted octanol–water partition coefficient (Wildman–Crippen LogP) is 3.96. The van der Waals surface area contributed by atoms with E-state index in [9.17, 15) is 22.4 Å². The van der Waals surface area contributed by atoms with E-state index in [-0.39, 0.29) is 5.56 Å². The quantitative estimate of drug-likeness (QED) is 0.433. The highest BCUT2D eigenvalue weighted by Gasteiger charge is 2.22. The summed E-state index contributed by atoms with van der Waals surface area (Å²) >= 11 is 0. The summed E-state index contributed by atoms with van der Waals surface area (Å²) in [5, 5.41) is 0.366. The number of ketones is 1. The van der Waals surface area contributed by atoms with E-state index >= 15 is 0 Å². The van der Waals surface area contributed by atoms with Crippen molar-refractivity contribution < 1.29 is 22.4 Å². The Kier molecular flexibility index (Phi) is 3.01. The zero-order chi connectivity index (χ0) is 15.1. The molecule has 0 unspecified atom stereocenters. The standard InChI is InChI=1S/C15H7F4NO/c16-7-1-2-8-10(6-20-12(8)5-7)15(21)9-3-4-11(17)14(19)13(9)18/h1-6,20H. The largest absolute Gasteiger partial charge is 0.360 e. The predicted molar refractivity (Wildman–Crippen MR) is 68.0 cm³/mol. The van der Waals surface area contributed by atoms with Crippen molar-refractivity contribution in [2.45, 2.75) is 0 Å². The summed E-state index contributed by atoms with van der Waals surface area (Å²) in [6, 6.07) is 5.23. The Morgan fingerprint density at radius 1 is 0.905 bits per heavy atom. The highest BCUT2D eigenvalue weighted by Crippen LogP contribution is 2.24. The smallest absolute Gasteiger partial charge is 0.198 e. The molecule has 6 heteroatoms. The SMILES string of the molecule is O=C(c1ccc(F)c(F)c1F)c1c[nH]c2cc(F)ccc12. The van der Waals surface area contributed by atoms with Gasteiger partial charge in [0, 0.05) is 22.7 Å². The molecule has 3 rings (SSSR count). The number of hydrogen-bond donors (Lipinski definition) is 1. The number of H-pyrrole nitrogens is 1. The molecule has 3 aromatic rings. The van der Waals surface area contributed by atoms with E-state index in [4.69, 9.17) is 0 Å². The third-order valence-electron chi connectivity index (χ3n) is 3.17. The summed E-state index contributed by atoms with van der Waals surface area (Å²) in [7, 11) is 0. The van der Waals surface area contributed by atoms with Crippen LogP contribution in [0.2, 0.25) is 0 Å². The number of aromatic amines is 1. The fourth-order valence-corrected chi connectivity index (χ4v) is 2.13. The highest BCUT2D eigenvalue weighted by atomic mass is 19.2. The minimum Gasteiger partial charge on any atom is -0.360 e. The first-order valence-corrected chi connectivity index (χ1v) is 5.94. The van der Waals surface area contributed by atoms with Gasteiger partial charge in [-0.3, -0.25) is 4.79 Å². The molecule has 2 nitrogen and oxygen atoms in total. The molecule has 1 aromatic heterocycles. The van der Waals surface area contributed by atoms with E-state index in [1.54, 1.807) is 0 Å². The van der Waals surface area contributed by atoms with Crippen molar-refractivity contribution in [1.82, 2.24) is 4.98 Å². The first-order valence-electron chi connectivity index (χ1n) is 5.94. The summed E-state index contributed by atoms with van der Waals surface area (Å²) in [4.78, 5) is 14.9. The van der Waals surface area contributed by atoms with Gasteiger partial charge in [0.2, 0.25) is 0 Å². The van der Waals surface area contributed by atoms with E-state index < -0.39 is 34.6 Å². The van der Waals surface area contributed by atoms with Gasteiger partial charge in [-0.05, 0) is 30.3 Å². The molecule has 0 aliphatic carbocycles. The average Bonchev–Trinajstić information content (AvgIpc) is 2.87. The van der Waals surface area contributed by atoms with Crippen molar-refractivity contribution in [2.24, 2.45) is 0 Å². The van der Waals surface area contributed by atoms with Crippen LogP contribution in [0, 0.1) is 23.3 Å². The van der Waals surface area contributed by atoms with E-state index in [1.807, 2.05) is 0 Å². The van der Waals surface area contributed by atoms with Crippen LogP contribution >= 0.6 is 0 Å². The molecular formula is C15H7F4NO. The second kappa shape index (κ2) is 4.73. The first kappa shape index (κ1) is 13.4. The van der Waals surface area contributed by atoms with Crippen LogP contribution in [0.15, 0.2) is 36.5 Å². The van der Waals surface area contributed by atoms with Crippen LogP contribution in [-0.2, 0) is 0 Å². The Bertz CT molecular complexity index is 869. The Hall–Kier alpha value is -2.63. The molecule has 0 aliphatic rings. The maximum Gasteiger partial charge on any atom is 0.198 e. The summed E-state index contributed by atoms with van der Waals surface area (Å²) in [6.45, 7) is 0. The average molecular weight is 293 g/mol. The van der Waals surface area contributed by atoms with Crippen molar-refractivity contribution in [3.05, 3.63) is 70.9 Å². The van der Waals surface area contributed by atoms with Gasteiger partial charge >= 0.3 is 0 Å². The number of fused-ring (bicyclic) bond motifs is 1. The molecule has 0 bridgehead atoms. The van der Waals surface area contributed by atoms with Gasteiger partial charge in [0.05, 0.1) is 5.56 Å². The van der Waals surface area contributed by atoms with Crippen LogP contribution in [0.3, 0.4) is 0 Å². The molecular weight excluding hydrogens is 286 g/mol. The van der Waals surface area contributed by atoms with Gasteiger partial charge in [0.15, 0.2) is 23.2 Å². The molecule has 106 valence electrons. The molecule has 2 aromatic carbocycles. The maximum atomic E-state index is 13.7. The van der Waals surface area contributed by atoms with Gasteiger partial charge in [-0.2, -0.15) is 0 Å². The highest BCUT2D eigenvalue weighted by molar-refractivity contribution is 6.16. The summed E-state index contributed by atoms with van der Waals surface area (Å²) in [5.74, 6) is -5.93. The summed E-state index contributed by atoms with van der Waals surface area (Å²) in [5.41, 5.74) is -0.185. The van der Waals surface area contributed by atoms with Crippen molar-refractivity contribution in [3.63, 3.8) is 0 Å². The second-order valence-electron chi connectivity index (χ2n) is 4.44. The van der Waals surface area contributed by atoms with Crippen LogP contribution in [0.5, 0.6) is 0 Å². The van der Waals surface area contributed by atoms with Crippen molar-refractivity contribution in [3.8, 4) is 0 Å². The number of carbonyl (C=O) groups is 1. The number of rotatable bonds is 2. The lowest BCUT2D eigenvalue weighted by Crippen LogP contribution is -2.06. The summed E-state index contributed by atoms with van der Waals surface area (Å²) in [6.07, 6.45) is 1.27. The molecule has 0 spiro atoms. The van der Waals surface area contributed by atoms with Gasteiger partial charge in [-0.25, -0.2) is 17.6 Å². The lowest BCUT2D eigenvalue weighted by Gasteiger charge is -2.03. The third-order valence-corrected chi connectivity index (χ3v) is 3.17. The van der Waals surface area contributed by atoms with E-state index in [1.165, 1.54) is 18.3 Å². The molecule has 0 atom stereocenters. The number of benzene rings is 2. The molecule has 0 radical (unpaired) electrons.